The van der Waals surface area contributed by atoms with Crippen LogP contribution in [0.25, 0.3) is 0 Å². The average Bonchev–Trinajstić information content (AvgIpc) is 2.74. The van der Waals surface area contributed by atoms with Gasteiger partial charge in [-0.1, -0.05) is 5.16 Å². The number of nitrogen functional groups attached to an aromatic ring is 1. The van der Waals surface area contributed by atoms with Gasteiger partial charge in [-0.15, -0.1) is 11.3 Å². The molecule has 0 aliphatic rings. The SMILES string of the molecule is CCOC(=O)/C(=N\OC(=O)OC(C)(C)C)c1csc(N)n1. The van der Waals surface area contributed by atoms with Crippen LogP contribution in [-0.2, 0) is 19.1 Å². The minimum atomic E-state index is -1.03. The Hall–Kier alpha value is -2.16. The molecule has 0 bridgehead atoms. The topological polar surface area (TPSA) is 113 Å². The summed E-state index contributed by atoms with van der Waals surface area (Å²) < 4.78 is 9.73. The van der Waals surface area contributed by atoms with E-state index in [1.807, 2.05) is 0 Å². The molecule has 21 heavy (non-hydrogen) atoms. The maximum Gasteiger partial charge on any atom is 0.535 e. The second-order valence-electron chi connectivity index (χ2n) is 4.79. The molecule has 0 atom stereocenters. The first-order chi connectivity index (χ1) is 9.73. The zero-order chi connectivity index (χ0) is 16.0. The summed E-state index contributed by atoms with van der Waals surface area (Å²) in [5, 5.41) is 5.22. The lowest BCUT2D eigenvalue weighted by molar-refractivity contribution is -0.135. The van der Waals surface area contributed by atoms with Gasteiger partial charge in [0.15, 0.2) is 5.13 Å². The normalized spacial score (nSPS) is 11.9. The highest BCUT2D eigenvalue weighted by Gasteiger charge is 2.22. The van der Waals surface area contributed by atoms with Crippen molar-refractivity contribution in [2.24, 2.45) is 5.16 Å². The maximum atomic E-state index is 11.8. The maximum absolute atomic E-state index is 11.8. The Balaban J connectivity index is 2.89. The Kier molecular flexibility index (Phi) is 5.65. The van der Waals surface area contributed by atoms with Crippen LogP contribution < -0.4 is 5.73 Å². The zero-order valence-corrected chi connectivity index (χ0v) is 13.0. The zero-order valence-electron chi connectivity index (χ0n) is 12.2. The van der Waals surface area contributed by atoms with Gasteiger partial charge in [-0.3, -0.25) is 4.84 Å². The van der Waals surface area contributed by atoms with Crippen LogP contribution in [0.4, 0.5) is 9.93 Å². The molecule has 0 unspecified atom stereocenters. The van der Waals surface area contributed by atoms with Crippen LogP contribution in [0.2, 0.25) is 0 Å². The molecule has 0 amide bonds. The van der Waals surface area contributed by atoms with Crippen LogP contribution >= 0.6 is 11.3 Å². The molecule has 0 fully saturated rings. The lowest BCUT2D eigenvalue weighted by atomic mass is 10.2. The molecule has 0 saturated heterocycles. The van der Waals surface area contributed by atoms with Crippen LogP contribution in [0.1, 0.15) is 33.4 Å². The Morgan fingerprint density at radius 3 is 2.57 bits per heavy atom. The Morgan fingerprint density at radius 2 is 2.10 bits per heavy atom. The smallest absolute Gasteiger partial charge is 0.461 e. The van der Waals surface area contributed by atoms with Crippen molar-refractivity contribution in [3.8, 4) is 0 Å². The number of ether oxygens (including phenoxy) is 2. The number of thiazole rings is 1. The molecule has 2 N–H and O–H groups in total. The van der Waals surface area contributed by atoms with Crippen LogP contribution in [-0.4, -0.2) is 35.0 Å². The average molecular weight is 315 g/mol. The first kappa shape index (κ1) is 16.9. The summed E-state index contributed by atoms with van der Waals surface area (Å²) in [6, 6.07) is 0. The van der Waals surface area contributed by atoms with E-state index in [4.69, 9.17) is 15.2 Å². The number of hydrogen-bond acceptors (Lipinski definition) is 9. The fraction of sp³-hybridized carbons (Fsp3) is 0.500. The van der Waals surface area contributed by atoms with E-state index >= 15 is 0 Å². The van der Waals surface area contributed by atoms with Crippen molar-refractivity contribution < 1.29 is 23.9 Å². The largest absolute Gasteiger partial charge is 0.535 e. The van der Waals surface area contributed by atoms with Gasteiger partial charge in [0.2, 0.25) is 5.71 Å². The molecule has 0 radical (unpaired) electrons. The van der Waals surface area contributed by atoms with Gasteiger partial charge in [0.05, 0.1) is 6.61 Å². The summed E-state index contributed by atoms with van der Waals surface area (Å²) in [6.45, 7) is 6.80. The van der Waals surface area contributed by atoms with Crippen molar-refractivity contribution >= 4 is 34.3 Å². The van der Waals surface area contributed by atoms with E-state index in [1.54, 1.807) is 27.7 Å². The summed E-state index contributed by atoms with van der Waals surface area (Å²) in [4.78, 5) is 31.7. The third-order valence-electron chi connectivity index (χ3n) is 1.83. The third-order valence-corrected chi connectivity index (χ3v) is 2.51. The van der Waals surface area contributed by atoms with Crippen molar-refractivity contribution in [2.75, 3.05) is 12.3 Å². The molecule has 8 nitrogen and oxygen atoms in total. The van der Waals surface area contributed by atoms with Gasteiger partial charge >= 0.3 is 12.1 Å². The second kappa shape index (κ2) is 7.02. The predicted molar refractivity (Wildman–Crippen MR) is 77.0 cm³/mol. The summed E-state index contributed by atoms with van der Waals surface area (Å²) in [7, 11) is 0. The molecule has 0 spiro atoms. The van der Waals surface area contributed by atoms with Crippen LogP contribution in [0, 0.1) is 0 Å². The monoisotopic (exact) mass is 315 g/mol. The molecule has 9 heteroatoms. The molecule has 0 aliphatic carbocycles. The van der Waals surface area contributed by atoms with E-state index in [9.17, 15) is 9.59 Å². The first-order valence-electron chi connectivity index (χ1n) is 6.09. The Bertz CT molecular complexity index is 547. The van der Waals surface area contributed by atoms with Crippen LogP contribution in [0.15, 0.2) is 10.5 Å². The molecule has 1 aromatic rings. The van der Waals surface area contributed by atoms with Crippen molar-refractivity contribution in [2.45, 2.75) is 33.3 Å². The Labute approximate surface area is 125 Å². The number of carbonyl (C=O) groups is 2. The van der Waals surface area contributed by atoms with Crippen LogP contribution in [0.5, 0.6) is 0 Å². The van der Waals surface area contributed by atoms with Gasteiger partial charge in [-0.2, -0.15) is 0 Å². The van der Waals surface area contributed by atoms with E-state index in [0.29, 0.717) is 0 Å². The number of carbonyl (C=O) groups excluding carboxylic acids is 2. The number of esters is 1. The van der Waals surface area contributed by atoms with Gasteiger partial charge in [0, 0.05) is 5.38 Å². The summed E-state index contributed by atoms with van der Waals surface area (Å²) in [5.74, 6) is -0.772. The molecule has 1 rings (SSSR count). The highest BCUT2D eigenvalue weighted by Crippen LogP contribution is 2.14. The standard InChI is InChI=1S/C12H17N3O5S/c1-5-18-9(16)8(7-6-21-10(13)14-7)15-20-11(17)19-12(2,3)4/h6H,5H2,1-4H3,(H2,13,14)/b15-8-. The van der Waals surface area contributed by atoms with E-state index in [-0.39, 0.29) is 23.1 Å². The lowest BCUT2D eigenvalue weighted by Gasteiger charge is -2.17. The molecular formula is C12H17N3O5S. The lowest BCUT2D eigenvalue weighted by Crippen LogP contribution is -2.25. The van der Waals surface area contributed by atoms with Gasteiger partial charge in [0.25, 0.3) is 0 Å². The number of nitrogens with two attached hydrogens (primary N) is 1. The third kappa shape index (κ3) is 5.78. The predicted octanol–water partition coefficient (Wildman–Crippen LogP) is 1.94. The molecule has 0 saturated carbocycles. The van der Waals surface area contributed by atoms with Gasteiger partial charge < -0.3 is 15.2 Å². The number of aromatic nitrogens is 1. The number of anilines is 1. The van der Waals surface area contributed by atoms with E-state index in [2.05, 4.69) is 15.0 Å². The summed E-state index contributed by atoms with van der Waals surface area (Å²) in [5.41, 5.74) is 4.68. The van der Waals surface area contributed by atoms with Crippen molar-refractivity contribution in [3.63, 3.8) is 0 Å². The van der Waals surface area contributed by atoms with Gasteiger partial charge in [-0.05, 0) is 27.7 Å². The summed E-state index contributed by atoms with van der Waals surface area (Å²) in [6.07, 6.45) is -1.03. The number of rotatable bonds is 4. The minimum absolute atomic E-state index is 0.143. The van der Waals surface area contributed by atoms with Gasteiger partial charge in [0.1, 0.15) is 11.3 Å². The number of oxime groups is 1. The fourth-order valence-corrected chi connectivity index (χ4v) is 1.68. The second-order valence-corrected chi connectivity index (χ2v) is 5.68. The van der Waals surface area contributed by atoms with Crippen molar-refractivity contribution in [3.05, 3.63) is 11.1 Å². The van der Waals surface area contributed by atoms with E-state index < -0.39 is 17.7 Å². The molecule has 116 valence electrons. The number of nitrogens with zero attached hydrogens (tertiary/aromatic N) is 2. The molecule has 1 heterocycles. The fourth-order valence-electron chi connectivity index (χ4n) is 1.14. The first-order valence-corrected chi connectivity index (χ1v) is 6.97. The highest BCUT2D eigenvalue weighted by atomic mass is 32.1. The molecular weight excluding hydrogens is 298 g/mol. The summed E-state index contributed by atoms with van der Waals surface area (Å²) >= 11 is 1.12. The van der Waals surface area contributed by atoms with E-state index in [0.717, 1.165) is 11.3 Å². The minimum Gasteiger partial charge on any atom is -0.461 e. The van der Waals surface area contributed by atoms with E-state index in [1.165, 1.54) is 5.38 Å². The quantitative estimate of drug-likeness (QED) is 0.391. The van der Waals surface area contributed by atoms with Crippen LogP contribution in [0.3, 0.4) is 0 Å². The molecule has 0 aliphatic heterocycles. The van der Waals surface area contributed by atoms with Gasteiger partial charge in [-0.25, -0.2) is 14.6 Å². The highest BCUT2D eigenvalue weighted by molar-refractivity contribution is 7.13. The molecule has 0 aromatic carbocycles. The Morgan fingerprint density at radius 1 is 1.43 bits per heavy atom. The van der Waals surface area contributed by atoms with Crippen molar-refractivity contribution in [1.29, 1.82) is 0 Å². The molecule has 1 aromatic heterocycles. The van der Waals surface area contributed by atoms with Crippen molar-refractivity contribution in [1.82, 2.24) is 4.98 Å². The number of hydrogen-bond donors (Lipinski definition) is 1.